The Hall–Kier alpha value is -2.04. The maximum Gasteiger partial charge on any atom is 0.170 e. The molecule has 0 aliphatic heterocycles. The van der Waals surface area contributed by atoms with Crippen molar-refractivity contribution >= 4 is 17.4 Å². The Morgan fingerprint density at radius 3 is 2.71 bits per heavy atom. The average molecular weight is 304 g/mol. The Morgan fingerprint density at radius 1 is 1.24 bits per heavy atom. The van der Waals surface area contributed by atoms with Crippen LogP contribution in [0.4, 0.5) is 0 Å². The molecule has 4 nitrogen and oxygen atoms in total. The molecule has 0 radical (unpaired) electrons. The Bertz CT molecular complexity index is 656. The normalized spacial score (nSPS) is 11.6. The summed E-state index contributed by atoms with van der Waals surface area (Å²) in [6.45, 7) is 3.51. The van der Waals surface area contributed by atoms with Crippen molar-refractivity contribution < 1.29 is 5.21 Å². The largest absolute Gasteiger partial charge is 0.409 e. The van der Waals surface area contributed by atoms with Crippen molar-refractivity contribution in [3.8, 4) is 0 Å². The molecular formula is C16H18ClN3O. The third-order valence-electron chi connectivity index (χ3n) is 3.18. The van der Waals surface area contributed by atoms with E-state index in [1.807, 2.05) is 12.1 Å². The number of nitrogens with zero attached hydrogens (tertiary/aromatic N) is 1. The van der Waals surface area contributed by atoms with Crippen LogP contribution in [0.3, 0.4) is 0 Å². The SMILES string of the molecule is Cc1cccc(CNCc2ccc(/C(N)=N/O)cc2Cl)c1. The number of rotatable bonds is 5. The van der Waals surface area contributed by atoms with Gasteiger partial charge in [-0.25, -0.2) is 0 Å². The highest BCUT2D eigenvalue weighted by atomic mass is 35.5. The molecule has 0 amide bonds. The van der Waals surface area contributed by atoms with E-state index in [1.165, 1.54) is 11.1 Å². The number of nitrogens with one attached hydrogen (secondary N) is 1. The van der Waals surface area contributed by atoms with Crippen LogP contribution in [0.2, 0.25) is 5.02 Å². The van der Waals surface area contributed by atoms with Gasteiger partial charge >= 0.3 is 0 Å². The zero-order chi connectivity index (χ0) is 15.2. The standard InChI is InChI=1S/C16H18ClN3O/c1-11-3-2-4-12(7-11)9-19-10-14-6-5-13(8-15(14)17)16(18)20-21/h2-8,19,21H,9-10H2,1H3,(H2,18,20). The topological polar surface area (TPSA) is 70.6 Å². The van der Waals surface area contributed by atoms with Gasteiger partial charge in [0.15, 0.2) is 5.84 Å². The van der Waals surface area contributed by atoms with Crippen LogP contribution in [-0.4, -0.2) is 11.0 Å². The summed E-state index contributed by atoms with van der Waals surface area (Å²) in [6, 6.07) is 13.7. The van der Waals surface area contributed by atoms with Crippen molar-refractivity contribution in [1.82, 2.24) is 5.32 Å². The van der Waals surface area contributed by atoms with Crippen molar-refractivity contribution in [2.24, 2.45) is 10.9 Å². The lowest BCUT2D eigenvalue weighted by Crippen LogP contribution is -2.15. The van der Waals surface area contributed by atoms with Crippen LogP contribution in [-0.2, 0) is 13.1 Å². The first kappa shape index (κ1) is 15.4. The number of hydrogen-bond donors (Lipinski definition) is 3. The van der Waals surface area contributed by atoms with Gasteiger partial charge in [0, 0.05) is 23.7 Å². The molecule has 0 heterocycles. The van der Waals surface area contributed by atoms with Gasteiger partial charge in [-0.1, -0.05) is 58.7 Å². The lowest BCUT2D eigenvalue weighted by atomic mass is 10.1. The zero-order valence-corrected chi connectivity index (χ0v) is 12.6. The van der Waals surface area contributed by atoms with E-state index in [0.29, 0.717) is 17.1 Å². The van der Waals surface area contributed by atoms with Crippen LogP contribution in [0.1, 0.15) is 22.3 Å². The Kier molecular flexibility index (Phi) is 5.20. The Balaban J connectivity index is 1.97. The molecule has 2 rings (SSSR count). The van der Waals surface area contributed by atoms with Gasteiger partial charge in [-0.3, -0.25) is 0 Å². The van der Waals surface area contributed by atoms with Crippen molar-refractivity contribution in [2.45, 2.75) is 20.0 Å². The second-order valence-corrected chi connectivity index (χ2v) is 5.29. The van der Waals surface area contributed by atoms with Crippen LogP contribution in [0.25, 0.3) is 0 Å². The molecule has 0 unspecified atom stereocenters. The van der Waals surface area contributed by atoms with Crippen LogP contribution in [0, 0.1) is 6.92 Å². The number of aryl methyl sites for hydroxylation is 1. The van der Waals surface area contributed by atoms with Gasteiger partial charge in [0.2, 0.25) is 0 Å². The maximum absolute atomic E-state index is 8.65. The summed E-state index contributed by atoms with van der Waals surface area (Å²) in [5.41, 5.74) is 9.58. The quantitative estimate of drug-likeness (QED) is 0.344. The van der Waals surface area contributed by atoms with E-state index < -0.39 is 0 Å². The second-order valence-electron chi connectivity index (χ2n) is 4.88. The monoisotopic (exact) mass is 303 g/mol. The van der Waals surface area contributed by atoms with Crippen LogP contribution < -0.4 is 11.1 Å². The number of oxime groups is 1. The molecule has 2 aromatic carbocycles. The van der Waals surface area contributed by atoms with Gasteiger partial charge in [0.25, 0.3) is 0 Å². The first-order valence-electron chi connectivity index (χ1n) is 6.62. The van der Waals surface area contributed by atoms with Crippen LogP contribution in [0.5, 0.6) is 0 Å². The van der Waals surface area contributed by atoms with E-state index in [-0.39, 0.29) is 5.84 Å². The zero-order valence-electron chi connectivity index (χ0n) is 11.8. The third-order valence-corrected chi connectivity index (χ3v) is 3.54. The minimum atomic E-state index is 0.0520. The van der Waals surface area contributed by atoms with Gasteiger partial charge in [0.05, 0.1) is 0 Å². The van der Waals surface area contributed by atoms with Crippen molar-refractivity contribution in [3.05, 3.63) is 69.7 Å². The minimum Gasteiger partial charge on any atom is -0.409 e. The number of halogens is 1. The fourth-order valence-electron chi connectivity index (χ4n) is 2.07. The molecule has 0 fully saturated rings. The lowest BCUT2D eigenvalue weighted by molar-refractivity contribution is 0.318. The molecule has 0 aromatic heterocycles. The molecular weight excluding hydrogens is 286 g/mol. The summed E-state index contributed by atoms with van der Waals surface area (Å²) in [6.07, 6.45) is 0. The smallest absolute Gasteiger partial charge is 0.170 e. The summed E-state index contributed by atoms with van der Waals surface area (Å²) in [7, 11) is 0. The molecule has 0 aliphatic carbocycles. The molecule has 0 bridgehead atoms. The molecule has 0 aliphatic rings. The van der Waals surface area contributed by atoms with E-state index in [9.17, 15) is 0 Å². The fourth-order valence-corrected chi connectivity index (χ4v) is 2.32. The van der Waals surface area contributed by atoms with E-state index in [1.54, 1.807) is 12.1 Å². The predicted octanol–water partition coefficient (Wildman–Crippen LogP) is 3.03. The van der Waals surface area contributed by atoms with Gasteiger partial charge in [-0.15, -0.1) is 0 Å². The molecule has 5 heteroatoms. The molecule has 0 saturated heterocycles. The van der Waals surface area contributed by atoms with E-state index in [0.717, 1.165) is 12.1 Å². The van der Waals surface area contributed by atoms with Gasteiger partial charge in [0.1, 0.15) is 0 Å². The van der Waals surface area contributed by atoms with Crippen LogP contribution in [0.15, 0.2) is 47.6 Å². The summed E-state index contributed by atoms with van der Waals surface area (Å²) in [5.74, 6) is 0.0520. The first-order chi connectivity index (χ1) is 10.1. The van der Waals surface area contributed by atoms with Gasteiger partial charge in [-0.2, -0.15) is 0 Å². The number of benzene rings is 2. The highest BCUT2D eigenvalue weighted by molar-refractivity contribution is 6.31. The number of hydrogen-bond acceptors (Lipinski definition) is 3. The maximum atomic E-state index is 8.65. The summed E-state index contributed by atoms with van der Waals surface area (Å²) in [5, 5.41) is 15.6. The summed E-state index contributed by atoms with van der Waals surface area (Å²) >= 11 is 6.21. The minimum absolute atomic E-state index is 0.0520. The summed E-state index contributed by atoms with van der Waals surface area (Å²) < 4.78 is 0. The average Bonchev–Trinajstić information content (AvgIpc) is 2.48. The van der Waals surface area contributed by atoms with Crippen molar-refractivity contribution in [2.75, 3.05) is 0 Å². The Labute approximate surface area is 129 Å². The van der Waals surface area contributed by atoms with E-state index >= 15 is 0 Å². The highest BCUT2D eigenvalue weighted by Gasteiger charge is 2.05. The highest BCUT2D eigenvalue weighted by Crippen LogP contribution is 2.18. The number of nitrogens with two attached hydrogens (primary N) is 1. The molecule has 2 aromatic rings. The first-order valence-corrected chi connectivity index (χ1v) is 7.00. The van der Waals surface area contributed by atoms with Gasteiger partial charge in [-0.05, 0) is 24.1 Å². The molecule has 21 heavy (non-hydrogen) atoms. The van der Waals surface area contributed by atoms with Gasteiger partial charge < -0.3 is 16.3 Å². The third kappa shape index (κ3) is 4.21. The molecule has 0 atom stereocenters. The molecule has 0 spiro atoms. The van der Waals surface area contributed by atoms with E-state index in [4.69, 9.17) is 22.5 Å². The molecule has 110 valence electrons. The number of amidine groups is 1. The van der Waals surface area contributed by atoms with Crippen LogP contribution >= 0.6 is 11.6 Å². The van der Waals surface area contributed by atoms with Crippen molar-refractivity contribution in [3.63, 3.8) is 0 Å². The van der Waals surface area contributed by atoms with Crippen molar-refractivity contribution in [1.29, 1.82) is 0 Å². The Morgan fingerprint density at radius 2 is 2.05 bits per heavy atom. The molecule has 0 saturated carbocycles. The van der Waals surface area contributed by atoms with E-state index in [2.05, 4.69) is 35.6 Å². The predicted molar refractivity (Wildman–Crippen MR) is 85.7 cm³/mol. The second kappa shape index (κ2) is 7.11. The lowest BCUT2D eigenvalue weighted by Gasteiger charge is -2.09. The summed E-state index contributed by atoms with van der Waals surface area (Å²) in [4.78, 5) is 0. The fraction of sp³-hybridized carbons (Fsp3) is 0.188. The molecule has 4 N–H and O–H groups in total.